The summed E-state index contributed by atoms with van der Waals surface area (Å²) in [6, 6.07) is 31.7. The van der Waals surface area contributed by atoms with Crippen LogP contribution in [0.5, 0.6) is 0 Å². The summed E-state index contributed by atoms with van der Waals surface area (Å²) >= 11 is 0. The molecule has 3 aromatic rings. The molecule has 1 unspecified atom stereocenters. The molecule has 1 atom stereocenters. The van der Waals surface area contributed by atoms with Crippen molar-refractivity contribution in [3.8, 4) is 0 Å². The van der Waals surface area contributed by atoms with E-state index in [4.69, 9.17) is 0 Å². The Morgan fingerprint density at radius 3 is 1.70 bits per heavy atom. The van der Waals surface area contributed by atoms with E-state index >= 15 is 0 Å². The Morgan fingerprint density at radius 1 is 0.565 bits per heavy atom. The van der Waals surface area contributed by atoms with Gasteiger partial charge in [-0.25, -0.2) is 0 Å². The van der Waals surface area contributed by atoms with Gasteiger partial charge in [-0.15, -0.1) is 0 Å². The van der Waals surface area contributed by atoms with Crippen LogP contribution in [0.4, 0.5) is 0 Å². The normalized spacial score (nSPS) is 14.4. The molecule has 0 amide bonds. The molecular weight excluding hydrogens is 276 g/mol. The number of rotatable bonds is 3. The van der Waals surface area contributed by atoms with Crippen molar-refractivity contribution in [1.82, 2.24) is 0 Å². The van der Waals surface area contributed by atoms with Crippen molar-refractivity contribution >= 4 is 11.1 Å². The SMILES string of the molecule is [C]1=C(c2ccccc2)C(c2ccccc2)=CC1c1ccccc1. The predicted octanol–water partition coefficient (Wildman–Crippen LogP) is 5.75. The summed E-state index contributed by atoms with van der Waals surface area (Å²) < 4.78 is 0. The number of hydrogen-bond donors (Lipinski definition) is 0. The fourth-order valence-corrected chi connectivity index (χ4v) is 3.07. The molecule has 0 nitrogen and oxygen atoms in total. The lowest BCUT2D eigenvalue weighted by molar-refractivity contribution is 1.08. The highest BCUT2D eigenvalue weighted by Crippen LogP contribution is 2.41. The summed E-state index contributed by atoms with van der Waals surface area (Å²) in [7, 11) is 0. The highest BCUT2D eigenvalue weighted by Gasteiger charge is 2.21. The summed E-state index contributed by atoms with van der Waals surface area (Å²) in [6.07, 6.45) is 6.02. The molecule has 109 valence electrons. The summed E-state index contributed by atoms with van der Waals surface area (Å²) in [5.41, 5.74) is 6.22. The number of hydrogen-bond acceptors (Lipinski definition) is 0. The quantitative estimate of drug-likeness (QED) is 0.576. The van der Waals surface area contributed by atoms with Gasteiger partial charge in [-0.05, 0) is 33.9 Å². The van der Waals surface area contributed by atoms with Gasteiger partial charge in [0.05, 0.1) is 0 Å². The zero-order chi connectivity index (χ0) is 15.5. The van der Waals surface area contributed by atoms with Crippen LogP contribution in [-0.4, -0.2) is 0 Å². The molecule has 0 aromatic heterocycles. The molecule has 0 saturated carbocycles. The van der Waals surface area contributed by atoms with Crippen LogP contribution in [0.2, 0.25) is 0 Å². The maximum absolute atomic E-state index is 3.70. The minimum Gasteiger partial charge on any atom is -0.0641 e. The smallest absolute Gasteiger partial charge is 0.0288 e. The van der Waals surface area contributed by atoms with E-state index in [1.54, 1.807) is 0 Å². The van der Waals surface area contributed by atoms with E-state index in [1.807, 2.05) is 0 Å². The Balaban J connectivity index is 1.83. The third-order valence-electron chi connectivity index (χ3n) is 4.21. The van der Waals surface area contributed by atoms with Crippen LogP contribution >= 0.6 is 0 Å². The van der Waals surface area contributed by atoms with Gasteiger partial charge >= 0.3 is 0 Å². The second-order valence-electron chi connectivity index (χ2n) is 5.72. The topological polar surface area (TPSA) is 0 Å². The average molecular weight is 293 g/mol. The highest BCUT2D eigenvalue weighted by molar-refractivity contribution is 6.06. The van der Waals surface area contributed by atoms with Gasteiger partial charge in [-0.1, -0.05) is 97.1 Å². The van der Waals surface area contributed by atoms with Gasteiger partial charge in [0.25, 0.3) is 0 Å². The first-order valence-electron chi connectivity index (χ1n) is 7.93. The number of allylic oxidation sites excluding steroid dienone is 4. The summed E-state index contributed by atoms with van der Waals surface area (Å²) in [5, 5.41) is 0. The molecule has 0 aliphatic heterocycles. The van der Waals surface area contributed by atoms with E-state index in [2.05, 4.69) is 103 Å². The van der Waals surface area contributed by atoms with Crippen LogP contribution in [0.3, 0.4) is 0 Å². The monoisotopic (exact) mass is 293 g/mol. The largest absolute Gasteiger partial charge is 0.0641 e. The van der Waals surface area contributed by atoms with Gasteiger partial charge in [-0.3, -0.25) is 0 Å². The minimum atomic E-state index is 0.210. The van der Waals surface area contributed by atoms with E-state index in [1.165, 1.54) is 27.8 Å². The van der Waals surface area contributed by atoms with Crippen molar-refractivity contribution in [3.05, 3.63) is 120 Å². The van der Waals surface area contributed by atoms with Crippen molar-refractivity contribution in [2.24, 2.45) is 0 Å². The first kappa shape index (κ1) is 13.8. The minimum absolute atomic E-state index is 0.210. The van der Waals surface area contributed by atoms with Crippen LogP contribution in [0.1, 0.15) is 22.6 Å². The molecule has 1 aliphatic carbocycles. The predicted molar refractivity (Wildman–Crippen MR) is 96.7 cm³/mol. The molecule has 1 radical (unpaired) electrons. The van der Waals surface area contributed by atoms with Crippen LogP contribution in [0.25, 0.3) is 11.1 Å². The molecule has 1 aliphatic rings. The molecule has 0 heterocycles. The van der Waals surface area contributed by atoms with Crippen molar-refractivity contribution < 1.29 is 0 Å². The Kier molecular flexibility index (Phi) is 3.65. The van der Waals surface area contributed by atoms with E-state index in [-0.39, 0.29) is 5.92 Å². The first-order chi connectivity index (χ1) is 11.4. The lowest BCUT2D eigenvalue weighted by Gasteiger charge is -2.08. The van der Waals surface area contributed by atoms with Gasteiger partial charge in [0.2, 0.25) is 0 Å². The molecular formula is C23H17. The average Bonchev–Trinajstić information content (AvgIpc) is 3.09. The van der Waals surface area contributed by atoms with Crippen molar-refractivity contribution in [1.29, 1.82) is 0 Å². The lowest BCUT2D eigenvalue weighted by Crippen LogP contribution is -1.88. The van der Waals surface area contributed by atoms with Gasteiger partial charge in [0.15, 0.2) is 0 Å². The van der Waals surface area contributed by atoms with Crippen molar-refractivity contribution in [2.45, 2.75) is 5.92 Å². The van der Waals surface area contributed by atoms with Gasteiger partial charge < -0.3 is 0 Å². The maximum Gasteiger partial charge on any atom is 0.0288 e. The van der Waals surface area contributed by atoms with Gasteiger partial charge in [0, 0.05) is 5.92 Å². The third-order valence-corrected chi connectivity index (χ3v) is 4.21. The van der Waals surface area contributed by atoms with Crippen molar-refractivity contribution in [3.63, 3.8) is 0 Å². The molecule has 0 N–H and O–H groups in total. The van der Waals surface area contributed by atoms with E-state index in [0.717, 1.165) is 0 Å². The molecule has 0 heteroatoms. The van der Waals surface area contributed by atoms with Crippen LogP contribution in [0.15, 0.2) is 97.1 Å². The zero-order valence-electron chi connectivity index (χ0n) is 12.8. The second kappa shape index (κ2) is 6.10. The van der Waals surface area contributed by atoms with Crippen LogP contribution < -0.4 is 0 Å². The molecule has 3 aromatic carbocycles. The molecule has 0 bridgehead atoms. The molecule has 4 rings (SSSR count). The van der Waals surface area contributed by atoms with Crippen LogP contribution in [0, 0.1) is 6.08 Å². The van der Waals surface area contributed by atoms with E-state index in [0.29, 0.717) is 0 Å². The van der Waals surface area contributed by atoms with E-state index in [9.17, 15) is 0 Å². The van der Waals surface area contributed by atoms with Crippen molar-refractivity contribution in [2.75, 3.05) is 0 Å². The summed E-state index contributed by atoms with van der Waals surface area (Å²) in [6.45, 7) is 0. The second-order valence-corrected chi connectivity index (χ2v) is 5.72. The Morgan fingerprint density at radius 2 is 1.09 bits per heavy atom. The first-order valence-corrected chi connectivity index (χ1v) is 7.93. The third kappa shape index (κ3) is 2.76. The standard InChI is InChI=1S/C23H17/c1-4-10-18(11-5-1)21-16-22(19-12-6-2-7-13-19)23(17-21)20-14-8-3-9-15-20/h1-16,21H. The Bertz CT molecular complexity index is 785. The van der Waals surface area contributed by atoms with Gasteiger partial charge in [0.1, 0.15) is 0 Å². The highest BCUT2D eigenvalue weighted by atomic mass is 14.2. The zero-order valence-corrected chi connectivity index (χ0v) is 12.8. The fourth-order valence-electron chi connectivity index (χ4n) is 3.07. The Hall–Kier alpha value is -2.86. The summed E-state index contributed by atoms with van der Waals surface area (Å²) in [4.78, 5) is 0. The lowest BCUT2D eigenvalue weighted by atomic mass is 9.95. The maximum atomic E-state index is 3.70. The fraction of sp³-hybridized carbons (Fsp3) is 0.0435. The molecule has 0 spiro atoms. The molecule has 0 fully saturated rings. The van der Waals surface area contributed by atoms with Crippen LogP contribution in [-0.2, 0) is 0 Å². The number of benzene rings is 3. The summed E-state index contributed by atoms with van der Waals surface area (Å²) in [5.74, 6) is 0.210. The molecule has 23 heavy (non-hydrogen) atoms. The van der Waals surface area contributed by atoms with E-state index < -0.39 is 0 Å². The molecule has 0 saturated heterocycles. The van der Waals surface area contributed by atoms with Gasteiger partial charge in [-0.2, -0.15) is 0 Å². The Labute approximate surface area is 137 Å².